The molecule has 0 fully saturated rings. The molecular weight excluding hydrogens is 290 g/mol. The SMILES string of the molecule is CC(C)(C)[Si](C)(C)Oc1c(N)cc(C(=O)O)cc1C(=O)O. The fourth-order valence-corrected chi connectivity index (χ4v) is 2.50. The normalized spacial score (nSPS) is 12.0. The van der Waals surface area contributed by atoms with E-state index >= 15 is 0 Å². The molecule has 0 heterocycles. The first kappa shape index (κ1) is 17.0. The maximum Gasteiger partial charge on any atom is 0.339 e. The maximum absolute atomic E-state index is 11.4. The van der Waals surface area contributed by atoms with Gasteiger partial charge in [-0.3, -0.25) is 0 Å². The van der Waals surface area contributed by atoms with Crippen molar-refractivity contribution in [1.82, 2.24) is 0 Å². The van der Waals surface area contributed by atoms with Gasteiger partial charge in [-0.05, 0) is 30.3 Å². The lowest BCUT2D eigenvalue weighted by atomic mass is 10.1. The first-order chi connectivity index (χ1) is 9.36. The second-order valence-electron chi connectivity index (χ2n) is 6.41. The van der Waals surface area contributed by atoms with Crippen LogP contribution in [0.15, 0.2) is 12.1 Å². The number of aromatic carboxylic acids is 2. The lowest BCUT2D eigenvalue weighted by Gasteiger charge is -2.37. The lowest BCUT2D eigenvalue weighted by molar-refractivity contribution is 0.0694. The van der Waals surface area contributed by atoms with Crippen molar-refractivity contribution in [1.29, 1.82) is 0 Å². The molecule has 116 valence electrons. The minimum Gasteiger partial charge on any atom is -0.542 e. The highest BCUT2D eigenvalue weighted by Gasteiger charge is 2.40. The van der Waals surface area contributed by atoms with E-state index in [1.54, 1.807) is 0 Å². The summed E-state index contributed by atoms with van der Waals surface area (Å²) in [6.45, 7) is 9.97. The summed E-state index contributed by atoms with van der Waals surface area (Å²) in [7, 11) is -2.29. The van der Waals surface area contributed by atoms with Crippen LogP contribution in [0.1, 0.15) is 41.5 Å². The standard InChI is InChI=1S/C14H21NO5Si/c1-14(2,3)21(4,5)20-11-9(13(18)19)6-8(12(16)17)7-10(11)15/h6-7H,15H2,1-5H3,(H,16,17)(H,18,19). The van der Waals surface area contributed by atoms with Crippen molar-refractivity contribution in [3.8, 4) is 5.75 Å². The number of rotatable bonds is 4. The Bertz CT molecular complexity index is 590. The van der Waals surface area contributed by atoms with E-state index < -0.39 is 20.3 Å². The zero-order chi connectivity index (χ0) is 16.6. The van der Waals surface area contributed by atoms with Crippen LogP contribution in [-0.2, 0) is 0 Å². The molecule has 1 aromatic rings. The molecule has 6 nitrogen and oxygen atoms in total. The van der Waals surface area contributed by atoms with Crippen LogP contribution in [0.4, 0.5) is 5.69 Å². The minimum atomic E-state index is -2.29. The number of hydrogen-bond donors (Lipinski definition) is 3. The van der Waals surface area contributed by atoms with Crippen LogP contribution in [0.3, 0.4) is 0 Å². The van der Waals surface area contributed by atoms with Gasteiger partial charge in [-0.25, -0.2) is 9.59 Å². The number of carboxylic acid groups (broad SMARTS) is 2. The quantitative estimate of drug-likeness (QED) is 0.582. The molecule has 0 spiro atoms. The number of carboxylic acids is 2. The van der Waals surface area contributed by atoms with Gasteiger partial charge in [0.15, 0.2) is 0 Å². The summed E-state index contributed by atoms with van der Waals surface area (Å²) in [4.78, 5) is 22.4. The third-order valence-electron chi connectivity index (χ3n) is 3.76. The summed E-state index contributed by atoms with van der Waals surface area (Å²) in [5.41, 5.74) is 5.45. The summed E-state index contributed by atoms with van der Waals surface area (Å²) in [5, 5.41) is 18.1. The first-order valence-corrected chi connectivity index (χ1v) is 9.37. The third kappa shape index (κ3) is 3.55. The maximum atomic E-state index is 11.4. The number of benzene rings is 1. The van der Waals surface area contributed by atoms with Gasteiger partial charge in [0.1, 0.15) is 11.3 Å². The number of nitrogen functional groups attached to an aromatic ring is 1. The minimum absolute atomic E-state index is 0.0251. The molecule has 0 unspecified atom stereocenters. The van der Waals surface area contributed by atoms with Gasteiger partial charge in [0.05, 0.1) is 11.3 Å². The second-order valence-corrected chi connectivity index (χ2v) is 11.1. The van der Waals surface area contributed by atoms with Gasteiger partial charge in [0, 0.05) is 0 Å². The smallest absolute Gasteiger partial charge is 0.339 e. The lowest BCUT2D eigenvalue weighted by Crippen LogP contribution is -2.44. The van der Waals surface area contributed by atoms with Crippen LogP contribution in [0.5, 0.6) is 5.75 Å². The molecule has 0 aromatic heterocycles. The predicted octanol–water partition coefficient (Wildman–Crippen LogP) is 3.05. The summed E-state index contributed by atoms with van der Waals surface area (Å²) in [6.07, 6.45) is 0. The van der Waals surface area contributed by atoms with Crippen LogP contribution in [-0.4, -0.2) is 30.5 Å². The molecule has 0 aliphatic rings. The Morgan fingerprint density at radius 3 is 2.05 bits per heavy atom. The number of anilines is 1. The molecule has 7 heteroatoms. The Kier molecular flexibility index (Phi) is 4.38. The van der Waals surface area contributed by atoms with E-state index in [-0.39, 0.29) is 27.6 Å². The van der Waals surface area contributed by atoms with Crippen molar-refractivity contribution in [2.75, 3.05) is 5.73 Å². The molecule has 0 aliphatic heterocycles. The number of nitrogens with two attached hydrogens (primary N) is 1. The van der Waals surface area contributed by atoms with E-state index in [1.807, 2.05) is 33.9 Å². The Morgan fingerprint density at radius 2 is 1.67 bits per heavy atom. The zero-order valence-electron chi connectivity index (χ0n) is 12.9. The molecule has 1 aromatic carbocycles. The number of hydrogen-bond acceptors (Lipinski definition) is 4. The van der Waals surface area contributed by atoms with Gasteiger partial charge in [-0.1, -0.05) is 20.8 Å². The van der Waals surface area contributed by atoms with Crippen LogP contribution in [0.25, 0.3) is 0 Å². The zero-order valence-corrected chi connectivity index (χ0v) is 13.9. The van der Waals surface area contributed by atoms with E-state index in [1.165, 1.54) is 6.07 Å². The highest BCUT2D eigenvalue weighted by atomic mass is 28.4. The van der Waals surface area contributed by atoms with Crippen LogP contribution in [0.2, 0.25) is 18.1 Å². The van der Waals surface area contributed by atoms with Crippen LogP contribution >= 0.6 is 0 Å². The van der Waals surface area contributed by atoms with Gasteiger partial charge in [0.2, 0.25) is 0 Å². The van der Waals surface area contributed by atoms with Crippen LogP contribution < -0.4 is 10.2 Å². The second kappa shape index (κ2) is 5.40. The van der Waals surface area contributed by atoms with Crippen molar-refractivity contribution in [3.63, 3.8) is 0 Å². The summed E-state index contributed by atoms with van der Waals surface area (Å²) in [6, 6.07) is 2.29. The molecule has 0 aliphatic carbocycles. The Morgan fingerprint density at radius 1 is 1.14 bits per heavy atom. The predicted molar refractivity (Wildman–Crippen MR) is 82.6 cm³/mol. The van der Waals surface area contributed by atoms with Crippen LogP contribution in [0, 0.1) is 0 Å². The fourth-order valence-electron chi connectivity index (χ4n) is 1.46. The summed E-state index contributed by atoms with van der Waals surface area (Å²) < 4.78 is 5.96. The Hall–Kier alpha value is -2.02. The Balaban J connectivity index is 3.43. The molecule has 0 atom stereocenters. The van der Waals surface area contributed by atoms with E-state index in [4.69, 9.17) is 15.3 Å². The third-order valence-corrected chi connectivity index (χ3v) is 8.09. The average molecular weight is 311 g/mol. The van der Waals surface area contributed by atoms with Gasteiger partial charge >= 0.3 is 11.9 Å². The number of carbonyl (C=O) groups is 2. The molecular formula is C14H21NO5Si. The van der Waals surface area contributed by atoms with E-state index in [2.05, 4.69) is 0 Å². The van der Waals surface area contributed by atoms with Gasteiger partial charge in [-0.2, -0.15) is 0 Å². The molecule has 0 saturated carbocycles. The molecule has 21 heavy (non-hydrogen) atoms. The molecule has 0 saturated heterocycles. The fraction of sp³-hybridized carbons (Fsp3) is 0.429. The molecule has 4 N–H and O–H groups in total. The Labute approximate surface area is 124 Å². The van der Waals surface area contributed by atoms with Crippen molar-refractivity contribution in [2.45, 2.75) is 38.9 Å². The first-order valence-electron chi connectivity index (χ1n) is 6.46. The van der Waals surface area contributed by atoms with Crippen molar-refractivity contribution >= 4 is 25.9 Å². The van der Waals surface area contributed by atoms with E-state index in [9.17, 15) is 14.7 Å². The highest BCUT2D eigenvalue weighted by molar-refractivity contribution is 6.74. The van der Waals surface area contributed by atoms with Gasteiger partial charge in [-0.15, -0.1) is 0 Å². The van der Waals surface area contributed by atoms with Gasteiger partial charge in [0.25, 0.3) is 8.32 Å². The van der Waals surface area contributed by atoms with Crippen molar-refractivity contribution < 1.29 is 24.2 Å². The summed E-state index contributed by atoms with van der Waals surface area (Å²) in [5.74, 6) is -2.44. The molecule has 0 radical (unpaired) electrons. The van der Waals surface area contributed by atoms with Crippen molar-refractivity contribution in [2.24, 2.45) is 0 Å². The summed E-state index contributed by atoms with van der Waals surface area (Å²) >= 11 is 0. The highest BCUT2D eigenvalue weighted by Crippen LogP contribution is 2.40. The molecule has 0 amide bonds. The average Bonchev–Trinajstić information content (AvgIpc) is 2.28. The largest absolute Gasteiger partial charge is 0.542 e. The monoisotopic (exact) mass is 311 g/mol. The van der Waals surface area contributed by atoms with Gasteiger partial charge < -0.3 is 20.4 Å². The van der Waals surface area contributed by atoms with E-state index in [0.717, 1.165) is 6.07 Å². The van der Waals surface area contributed by atoms with E-state index in [0.29, 0.717) is 0 Å². The topological polar surface area (TPSA) is 110 Å². The van der Waals surface area contributed by atoms with Crippen molar-refractivity contribution in [3.05, 3.63) is 23.3 Å². The molecule has 1 rings (SSSR count). The molecule has 0 bridgehead atoms.